The number of pyridine rings is 1. The highest BCUT2D eigenvalue weighted by Crippen LogP contribution is 2.43. The molecule has 5 heteroatoms. The van der Waals surface area contributed by atoms with Gasteiger partial charge in [0, 0.05) is 54.5 Å². The number of esters is 1. The van der Waals surface area contributed by atoms with Gasteiger partial charge in [0.1, 0.15) is 5.60 Å². The highest BCUT2D eigenvalue weighted by molar-refractivity contribution is 7.09. The fourth-order valence-electron chi connectivity index (χ4n) is 3.24. The molecule has 107 valence electrons. The Morgan fingerprint density at radius 2 is 2.24 bits per heavy atom. The van der Waals surface area contributed by atoms with Crippen molar-refractivity contribution in [1.82, 2.24) is 9.88 Å². The molecule has 2 aliphatic rings. The van der Waals surface area contributed by atoms with E-state index in [4.69, 9.17) is 4.74 Å². The van der Waals surface area contributed by atoms with Crippen LogP contribution in [0.5, 0.6) is 0 Å². The van der Waals surface area contributed by atoms with Crippen LogP contribution in [0.2, 0.25) is 0 Å². The Morgan fingerprint density at radius 3 is 3.00 bits per heavy atom. The highest BCUT2D eigenvalue weighted by atomic mass is 32.1. The Kier molecular flexibility index (Phi) is 3.05. The van der Waals surface area contributed by atoms with Crippen molar-refractivity contribution in [2.75, 3.05) is 13.1 Å². The molecule has 0 amide bonds. The van der Waals surface area contributed by atoms with E-state index in [1.807, 2.05) is 18.2 Å². The molecule has 1 saturated heterocycles. The normalized spacial score (nSPS) is 20.5. The number of hydrogen-bond acceptors (Lipinski definition) is 5. The lowest BCUT2D eigenvalue weighted by Crippen LogP contribution is -2.42. The van der Waals surface area contributed by atoms with E-state index >= 15 is 0 Å². The predicted molar refractivity (Wildman–Crippen MR) is 79.0 cm³/mol. The zero-order valence-electron chi connectivity index (χ0n) is 11.5. The quantitative estimate of drug-likeness (QED) is 0.800. The maximum atomic E-state index is 12.0. The summed E-state index contributed by atoms with van der Waals surface area (Å²) in [6.45, 7) is 2.82. The third-order valence-electron chi connectivity index (χ3n) is 4.35. The molecule has 1 spiro atoms. The summed E-state index contributed by atoms with van der Waals surface area (Å²) in [5.74, 6) is -0.271. The molecule has 0 bridgehead atoms. The van der Waals surface area contributed by atoms with E-state index in [1.165, 1.54) is 4.88 Å². The third kappa shape index (κ3) is 2.17. The van der Waals surface area contributed by atoms with Gasteiger partial charge >= 0.3 is 5.97 Å². The summed E-state index contributed by atoms with van der Waals surface area (Å²) in [5, 5.41) is 3.12. The summed E-state index contributed by atoms with van der Waals surface area (Å²) in [7, 11) is 0. The molecule has 0 saturated carbocycles. The van der Waals surface area contributed by atoms with Gasteiger partial charge in [0.15, 0.2) is 5.69 Å². The number of carbonyl (C=O) groups excluding carboxylic acids is 1. The lowest BCUT2D eigenvalue weighted by molar-refractivity contribution is -0.0440. The Labute approximate surface area is 127 Å². The van der Waals surface area contributed by atoms with E-state index in [2.05, 4.69) is 21.3 Å². The van der Waals surface area contributed by atoms with Crippen LogP contribution in [0.1, 0.15) is 33.8 Å². The minimum Gasteiger partial charge on any atom is -0.449 e. The summed E-state index contributed by atoms with van der Waals surface area (Å²) < 4.78 is 5.71. The number of likely N-dealkylation sites (tertiary alicyclic amines) is 1. The fourth-order valence-corrected chi connectivity index (χ4v) is 3.91. The van der Waals surface area contributed by atoms with Gasteiger partial charge in [0.05, 0.1) is 0 Å². The molecule has 0 N–H and O–H groups in total. The standard InChI is InChI=1S/C16H15N2O2S/c19-15-14-13(4-1-7-17-14)16(20-15)5-8-18(9-6-16)11-12-3-2-10-21-12/h1-4,7H,5-6,8-9,11H2. The minimum atomic E-state index is -0.446. The van der Waals surface area contributed by atoms with Crippen LogP contribution in [-0.4, -0.2) is 28.9 Å². The molecule has 21 heavy (non-hydrogen) atoms. The van der Waals surface area contributed by atoms with Gasteiger partial charge < -0.3 is 4.74 Å². The van der Waals surface area contributed by atoms with E-state index in [9.17, 15) is 4.79 Å². The second-order valence-corrected chi connectivity index (χ2v) is 6.54. The van der Waals surface area contributed by atoms with Crippen molar-refractivity contribution in [2.45, 2.75) is 25.0 Å². The van der Waals surface area contributed by atoms with E-state index < -0.39 is 5.60 Å². The first-order valence-corrected chi connectivity index (χ1v) is 7.94. The molecule has 2 aliphatic heterocycles. The number of aromatic nitrogens is 1. The largest absolute Gasteiger partial charge is 0.449 e. The van der Waals surface area contributed by atoms with Crippen LogP contribution in [0.25, 0.3) is 0 Å². The van der Waals surface area contributed by atoms with E-state index in [1.54, 1.807) is 17.5 Å². The summed E-state index contributed by atoms with van der Waals surface area (Å²) in [4.78, 5) is 19.9. The average molecular weight is 299 g/mol. The molecule has 1 radical (unpaired) electrons. The molecule has 4 nitrogen and oxygen atoms in total. The van der Waals surface area contributed by atoms with Gasteiger partial charge in [-0.2, -0.15) is 0 Å². The second kappa shape index (κ2) is 4.93. The Hall–Kier alpha value is -1.72. The molecule has 0 aliphatic carbocycles. The topological polar surface area (TPSA) is 42.4 Å². The van der Waals surface area contributed by atoms with E-state index in [0.29, 0.717) is 5.69 Å². The van der Waals surface area contributed by atoms with Crippen LogP contribution >= 0.6 is 11.3 Å². The monoisotopic (exact) mass is 299 g/mol. The summed E-state index contributed by atoms with van der Waals surface area (Å²) in [6, 6.07) is 7.95. The lowest BCUT2D eigenvalue weighted by atomic mass is 9.85. The zero-order valence-corrected chi connectivity index (χ0v) is 12.4. The molecule has 2 aromatic heterocycles. The third-order valence-corrected chi connectivity index (χ3v) is 5.13. The average Bonchev–Trinajstić information content (AvgIpc) is 3.10. The summed E-state index contributed by atoms with van der Waals surface area (Å²) in [5.41, 5.74) is 1.02. The Balaban J connectivity index is 1.51. The van der Waals surface area contributed by atoms with Gasteiger partial charge in [0.25, 0.3) is 0 Å². The first-order chi connectivity index (χ1) is 10.3. The SMILES string of the molecule is O=C1OC2(CCN(Cc3cc[c]s3)CC2)c2cccnc21. The summed E-state index contributed by atoms with van der Waals surface area (Å²) in [6.07, 6.45) is 3.33. The van der Waals surface area contributed by atoms with Crippen LogP contribution in [0.15, 0.2) is 30.5 Å². The number of thiophene rings is 1. The second-order valence-electron chi connectivity index (χ2n) is 5.58. The molecule has 0 aromatic carbocycles. The molecule has 1 fully saturated rings. The molecule has 0 atom stereocenters. The maximum Gasteiger partial charge on any atom is 0.358 e. The van der Waals surface area contributed by atoms with Crippen LogP contribution in [0.4, 0.5) is 0 Å². The van der Waals surface area contributed by atoms with Gasteiger partial charge in [0.2, 0.25) is 0 Å². The number of ether oxygens (including phenoxy) is 1. The zero-order chi connectivity index (χ0) is 14.3. The Morgan fingerprint density at radius 1 is 1.38 bits per heavy atom. The maximum absolute atomic E-state index is 12.0. The molecular formula is C16H15N2O2S. The fraction of sp³-hybridized carbons (Fsp3) is 0.375. The Bertz CT molecular complexity index is 661. The van der Waals surface area contributed by atoms with Crippen molar-refractivity contribution in [1.29, 1.82) is 0 Å². The van der Waals surface area contributed by atoms with E-state index in [0.717, 1.165) is 38.0 Å². The van der Waals surface area contributed by atoms with Crippen LogP contribution in [0.3, 0.4) is 0 Å². The van der Waals surface area contributed by atoms with Crippen LogP contribution in [0, 0.1) is 5.38 Å². The summed E-state index contributed by atoms with van der Waals surface area (Å²) >= 11 is 1.67. The number of rotatable bonds is 2. The van der Waals surface area contributed by atoms with Crippen molar-refractivity contribution < 1.29 is 9.53 Å². The number of piperidine rings is 1. The van der Waals surface area contributed by atoms with Crippen molar-refractivity contribution in [3.05, 3.63) is 52.0 Å². The first kappa shape index (κ1) is 13.0. The number of fused-ring (bicyclic) bond motifs is 2. The van der Waals surface area contributed by atoms with Gasteiger partial charge in [-0.1, -0.05) is 6.07 Å². The molecule has 2 aromatic rings. The van der Waals surface area contributed by atoms with Crippen molar-refractivity contribution in [3.8, 4) is 0 Å². The van der Waals surface area contributed by atoms with Crippen LogP contribution in [-0.2, 0) is 16.9 Å². The molecule has 4 rings (SSSR count). The lowest BCUT2D eigenvalue weighted by Gasteiger charge is -2.38. The van der Waals surface area contributed by atoms with Gasteiger partial charge in [-0.25, -0.2) is 9.78 Å². The smallest absolute Gasteiger partial charge is 0.358 e. The molecular weight excluding hydrogens is 284 g/mol. The number of nitrogens with zero attached hydrogens (tertiary/aromatic N) is 2. The molecule has 0 unspecified atom stereocenters. The van der Waals surface area contributed by atoms with Crippen molar-refractivity contribution in [3.63, 3.8) is 0 Å². The van der Waals surface area contributed by atoms with Crippen molar-refractivity contribution >= 4 is 17.3 Å². The van der Waals surface area contributed by atoms with Crippen LogP contribution < -0.4 is 0 Å². The number of hydrogen-bond donors (Lipinski definition) is 0. The molecule has 4 heterocycles. The van der Waals surface area contributed by atoms with Gasteiger partial charge in [-0.15, -0.1) is 11.3 Å². The number of carbonyl (C=O) groups is 1. The van der Waals surface area contributed by atoms with Gasteiger partial charge in [-0.3, -0.25) is 4.90 Å². The van der Waals surface area contributed by atoms with Crippen molar-refractivity contribution in [2.24, 2.45) is 0 Å². The van der Waals surface area contributed by atoms with E-state index in [-0.39, 0.29) is 5.97 Å². The minimum absolute atomic E-state index is 0.271. The van der Waals surface area contributed by atoms with Gasteiger partial charge in [-0.05, 0) is 18.2 Å². The highest BCUT2D eigenvalue weighted by Gasteiger charge is 2.47. The first-order valence-electron chi connectivity index (χ1n) is 7.13. The predicted octanol–water partition coefficient (Wildman–Crippen LogP) is 2.60.